The smallest absolute Gasteiger partial charge is 0.343 e. The van der Waals surface area contributed by atoms with Crippen LogP contribution in [0.15, 0.2) is 99.0 Å². The van der Waals surface area contributed by atoms with Crippen LogP contribution in [0.25, 0.3) is 0 Å². The first kappa shape index (κ1) is 28.5. The van der Waals surface area contributed by atoms with Gasteiger partial charge in [-0.1, -0.05) is 45.2 Å². The van der Waals surface area contributed by atoms with Crippen LogP contribution in [0.3, 0.4) is 0 Å². The number of esters is 1. The number of halogens is 4. The van der Waals surface area contributed by atoms with Gasteiger partial charge in [-0.25, -0.2) is 10.2 Å². The maximum Gasteiger partial charge on any atom is 0.343 e. The van der Waals surface area contributed by atoms with Crippen molar-refractivity contribution in [2.45, 2.75) is 0 Å². The van der Waals surface area contributed by atoms with Crippen molar-refractivity contribution in [3.8, 4) is 5.75 Å². The minimum absolute atomic E-state index is 0.211. The lowest BCUT2D eigenvalue weighted by Gasteiger charge is -2.11. The molecule has 4 aromatic carbocycles. The monoisotopic (exact) mass is 687 g/mol. The molecule has 4 aromatic rings. The van der Waals surface area contributed by atoms with E-state index in [4.69, 9.17) is 27.9 Å². The number of nitrogens with one attached hydrogen (secondary N) is 2. The predicted molar refractivity (Wildman–Crippen MR) is 159 cm³/mol. The van der Waals surface area contributed by atoms with Gasteiger partial charge in [0.2, 0.25) is 0 Å². The van der Waals surface area contributed by atoms with Crippen molar-refractivity contribution in [2.24, 2.45) is 5.10 Å². The molecular weight excluding hydrogens is 673 g/mol. The predicted octanol–water partition coefficient (Wildman–Crippen LogP) is 7.75. The van der Waals surface area contributed by atoms with Crippen LogP contribution in [0.1, 0.15) is 36.6 Å². The van der Waals surface area contributed by atoms with E-state index in [1.54, 1.807) is 78.9 Å². The number of hydrazone groups is 1. The van der Waals surface area contributed by atoms with Crippen molar-refractivity contribution in [2.75, 3.05) is 5.32 Å². The van der Waals surface area contributed by atoms with E-state index >= 15 is 0 Å². The molecule has 0 aliphatic heterocycles. The normalized spacial score (nSPS) is 10.8. The third-order valence-electron chi connectivity index (χ3n) is 5.17. The lowest BCUT2D eigenvalue weighted by molar-refractivity contribution is 0.0732. The van der Waals surface area contributed by atoms with Gasteiger partial charge in [-0.05, 0) is 94.8 Å². The fraction of sp³-hybridized carbons (Fsp3) is 0. The molecule has 2 amide bonds. The van der Waals surface area contributed by atoms with Crippen molar-refractivity contribution >= 4 is 84.7 Å². The zero-order valence-corrected chi connectivity index (χ0v) is 24.4. The third kappa shape index (κ3) is 7.77. The molecule has 0 aromatic heterocycles. The van der Waals surface area contributed by atoms with Crippen LogP contribution in [0.5, 0.6) is 5.75 Å². The van der Waals surface area contributed by atoms with E-state index in [2.05, 4.69) is 47.7 Å². The Bertz CT molecular complexity index is 1580. The summed E-state index contributed by atoms with van der Waals surface area (Å²) in [5, 5.41) is 7.78. The summed E-state index contributed by atoms with van der Waals surface area (Å²) in [5.74, 6) is -1.24. The summed E-state index contributed by atoms with van der Waals surface area (Å²) in [6, 6.07) is 22.5. The molecule has 11 heteroatoms. The number of hydrogen-bond donors (Lipinski definition) is 2. The van der Waals surface area contributed by atoms with Crippen LogP contribution in [-0.4, -0.2) is 24.0 Å². The fourth-order valence-electron chi connectivity index (χ4n) is 3.29. The van der Waals surface area contributed by atoms with E-state index in [9.17, 15) is 14.4 Å². The topological polar surface area (TPSA) is 96.9 Å². The molecule has 0 saturated carbocycles. The molecule has 7 nitrogen and oxygen atoms in total. The van der Waals surface area contributed by atoms with Crippen molar-refractivity contribution in [1.29, 1.82) is 0 Å². The van der Waals surface area contributed by atoms with Crippen molar-refractivity contribution in [1.82, 2.24) is 5.43 Å². The Morgan fingerprint density at radius 2 is 1.41 bits per heavy atom. The number of benzene rings is 4. The molecule has 0 saturated heterocycles. The highest BCUT2D eigenvalue weighted by Gasteiger charge is 2.16. The molecule has 0 atom stereocenters. The van der Waals surface area contributed by atoms with Gasteiger partial charge >= 0.3 is 5.97 Å². The highest BCUT2D eigenvalue weighted by molar-refractivity contribution is 9.11. The average molecular weight is 690 g/mol. The molecule has 0 fully saturated rings. The Hall–Kier alpha value is -3.50. The van der Waals surface area contributed by atoms with Crippen LogP contribution < -0.4 is 15.5 Å². The zero-order valence-electron chi connectivity index (χ0n) is 19.8. The fourth-order valence-corrected chi connectivity index (χ4v) is 4.88. The number of rotatable bonds is 7. The van der Waals surface area contributed by atoms with E-state index in [1.807, 2.05) is 0 Å². The second kappa shape index (κ2) is 13.0. The van der Waals surface area contributed by atoms with Crippen LogP contribution in [-0.2, 0) is 0 Å². The van der Waals surface area contributed by atoms with Gasteiger partial charge in [-0.3, -0.25) is 9.59 Å². The first-order valence-electron chi connectivity index (χ1n) is 11.2. The molecule has 0 heterocycles. The minimum atomic E-state index is -0.592. The highest BCUT2D eigenvalue weighted by Crippen LogP contribution is 2.33. The minimum Gasteiger partial charge on any atom is -0.421 e. The standard InChI is InChI=1S/C28H17Br2Cl2N3O4/c29-20-12-19(25(24(30)14-20)39-28(38)17-6-10-22(32)11-7-17)15-33-35-27(37)18-2-1-3-23(13-18)34-26(36)16-4-8-21(31)9-5-16/h1-15H,(H,34,36)(H,35,37). The third-order valence-corrected chi connectivity index (χ3v) is 6.72. The Morgan fingerprint density at radius 3 is 2.08 bits per heavy atom. The van der Waals surface area contributed by atoms with Crippen LogP contribution in [0.4, 0.5) is 5.69 Å². The van der Waals surface area contributed by atoms with E-state index in [0.29, 0.717) is 41.4 Å². The van der Waals surface area contributed by atoms with Gasteiger partial charge in [0.1, 0.15) is 0 Å². The SMILES string of the molecule is O=C(NN=Cc1cc(Br)cc(Br)c1OC(=O)c1ccc(Cl)cc1)c1cccc(NC(=O)c2ccc(Cl)cc2)c1. The highest BCUT2D eigenvalue weighted by atomic mass is 79.9. The van der Waals surface area contributed by atoms with E-state index in [1.165, 1.54) is 12.3 Å². The number of hydrogen-bond acceptors (Lipinski definition) is 5. The van der Waals surface area contributed by atoms with Gasteiger partial charge in [-0.2, -0.15) is 5.10 Å². The molecule has 0 bridgehead atoms. The molecule has 0 unspecified atom stereocenters. The summed E-state index contributed by atoms with van der Waals surface area (Å²) >= 11 is 18.6. The molecule has 0 aliphatic rings. The summed E-state index contributed by atoms with van der Waals surface area (Å²) in [5.41, 5.74) is 4.29. The second-order valence-electron chi connectivity index (χ2n) is 7.94. The van der Waals surface area contributed by atoms with Gasteiger partial charge in [0.15, 0.2) is 5.75 Å². The number of amides is 2. The number of ether oxygens (including phenoxy) is 1. The van der Waals surface area contributed by atoms with Crippen molar-refractivity contribution in [3.63, 3.8) is 0 Å². The Kier molecular flexibility index (Phi) is 9.53. The number of carbonyl (C=O) groups excluding carboxylic acids is 3. The second-order valence-corrected chi connectivity index (χ2v) is 10.6. The quantitative estimate of drug-likeness (QED) is 0.0898. The number of carbonyl (C=O) groups is 3. The summed E-state index contributed by atoms with van der Waals surface area (Å²) in [6.07, 6.45) is 1.35. The molecule has 4 rings (SSSR count). The van der Waals surface area contributed by atoms with Gasteiger partial charge in [0, 0.05) is 36.9 Å². The van der Waals surface area contributed by atoms with Gasteiger partial charge in [0.25, 0.3) is 11.8 Å². The van der Waals surface area contributed by atoms with Crippen LogP contribution >= 0.6 is 55.1 Å². The molecular formula is C28H17Br2Cl2N3O4. The first-order valence-corrected chi connectivity index (χ1v) is 13.5. The van der Waals surface area contributed by atoms with Crippen molar-refractivity contribution < 1.29 is 19.1 Å². The van der Waals surface area contributed by atoms with E-state index in [-0.39, 0.29) is 17.2 Å². The van der Waals surface area contributed by atoms with Gasteiger partial charge in [0.05, 0.1) is 16.3 Å². The molecule has 196 valence electrons. The largest absolute Gasteiger partial charge is 0.421 e. The zero-order chi connectivity index (χ0) is 27.9. The number of nitrogens with zero attached hydrogens (tertiary/aromatic N) is 1. The van der Waals surface area contributed by atoms with Crippen LogP contribution in [0.2, 0.25) is 10.0 Å². The summed E-state index contributed by atoms with van der Waals surface area (Å²) < 4.78 is 6.78. The van der Waals surface area contributed by atoms with Crippen LogP contribution in [0, 0.1) is 0 Å². The maximum absolute atomic E-state index is 12.7. The van der Waals surface area contributed by atoms with E-state index in [0.717, 1.165) is 0 Å². The lowest BCUT2D eigenvalue weighted by Crippen LogP contribution is -2.18. The lowest BCUT2D eigenvalue weighted by atomic mass is 10.1. The molecule has 0 aliphatic carbocycles. The average Bonchev–Trinajstić information content (AvgIpc) is 2.91. The number of anilines is 1. The molecule has 0 radical (unpaired) electrons. The summed E-state index contributed by atoms with van der Waals surface area (Å²) in [7, 11) is 0. The molecule has 0 spiro atoms. The molecule has 2 N–H and O–H groups in total. The Labute approximate surface area is 250 Å². The van der Waals surface area contributed by atoms with Gasteiger partial charge < -0.3 is 10.1 Å². The summed E-state index contributed by atoms with van der Waals surface area (Å²) in [6.45, 7) is 0. The first-order chi connectivity index (χ1) is 18.7. The van der Waals surface area contributed by atoms with Crippen molar-refractivity contribution in [3.05, 3.63) is 126 Å². The van der Waals surface area contributed by atoms with Gasteiger partial charge in [-0.15, -0.1) is 0 Å². The maximum atomic E-state index is 12.7. The van der Waals surface area contributed by atoms with E-state index < -0.39 is 11.9 Å². The Balaban J connectivity index is 1.45. The molecule has 39 heavy (non-hydrogen) atoms. The summed E-state index contributed by atoms with van der Waals surface area (Å²) in [4.78, 5) is 37.8. The Morgan fingerprint density at radius 1 is 0.769 bits per heavy atom.